The Hall–Kier alpha value is -2.37. The Morgan fingerprint density at radius 3 is 1.59 bits per heavy atom. The fraction of sp³-hybridized carbons (Fsp3) is 0.735. The number of carbonyl (C=O) groups excluding carboxylic acids is 1. The van der Waals surface area contributed by atoms with E-state index in [1.165, 1.54) is 64.2 Å². The van der Waals surface area contributed by atoms with Gasteiger partial charge in [0, 0.05) is 13.0 Å². The van der Waals surface area contributed by atoms with Crippen LogP contribution in [0.1, 0.15) is 168 Å². The van der Waals surface area contributed by atoms with Gasteiger partial charge in [-0.3, -0.25) is 4.79 Å². The maximum absolute atomic E-state index is 12.8. The van der Waals surface area contributed by atoms with E-state index in [-0.39, 0.29) is 19.2 Å². The summed E-state index contributed by atoms with van der Waals surface area (Å²) >= 11 is 0. The molecule has 1 saturated heterocycles. The van der Waals surface area contributed by atoms with Crippen LogP contribution < -0.4 is 0 Å². The van der Waals surface area contributed by atoms with Crippen molar-refractivity contribution >= 4 is 5.97 Å². The first-order chi connectivity index (χ1) is 28.4. The van der Waals surface area contributed by atoms with Crippen LogP contribution in [0.25, 0.3) is 0 Å². The molecule has 0 spiro atoms. The third-order valence-electron chi connectivity index (χ3n) is 10.1. The van der Waals surface area contributed by atoms with E-state index in [9.17, 15) is 25.2 Å². The Balaban J connectivity index is 2.23. The van der Waals surface area contributed by atoms with Crippen molar-refractivity contribution in [2.45, 2.75) is 205 Å². The van der Waals surface area contributed by atoms with Gasteiger partial charge in [0.2, 0.25) is 0 Å². The molecule has 9 heteroatoms. The number of aliphatic hydroxyl groups is 4. The van der Waals surface area contributed by atoms with Crippen LogP contribution in [0.3, 0.4) is 0 Å². The summed E-state index contributed by atoms with van der Waals surface area (Å²) in [6.07, 6.45) is 45.0. The van der Waals surface area contributed by atoms with E-state index in [0.717, 1.165) is 83.5 Å². The molecule has 1 heterocycles. The minimum Gasteiger partial charge on any atom is -0.457 e. The predicted molar refractivity (Wildman–Crippen MR) is 237 cm³/mol. The molecule has 0 aromatic rings. The predicted octanol–water partition coefficient (Wildman–Crippen LogP) is 10.5. The van der Waals surface area contributed by atoms with E-state index in [1.807, 2.05) is 0 Å². The lowest BCUT2D eigenvalue weighted by Gasteiger charge is -2.39. The molecule has 334 valence electrons. The first-order valence-corrected chi connectivity index (χ1v) is 23.0. The molecule has 58 heavy (non-hydrogen) atoms. The van der Waals surface area contributed by atoms with Crippen LogP contribution in [-0.4, -0.2) is 89.6 Å². The van der Waals surface area contributed by atoms with Crippen molar-refractivity contribution in [3.05, 3.63) is 72.9 Å². The lowest BCUT2D eigenvalue weighted by Crippen LogP contribution is -2.59. The first-order valence-electron chi connectivity index (χ1n) is 23.0. The number of unbranched alkanes of at least 4 members (excludes halogenated alkanes) is 15. The van der Waals surface area contributed by atoms with Crippen LogP contribution in [0.2, 0.25) is 0 Å². The summed E-state index contributed by atoms with van der Waals surface area (Å²) in [6.45, 7) is 4.41. The topological polar surface area (TPSA) is 135 Å². The highest BCUT2D eigenvalue weighted by Gasteiger charge is 2.44. The number of rotatable bonds is 38. The Bertz CT molecular complexity index is 1110. The molecule has 6 atom stereocenters. The molecule has 1 rings (SSSR count). The lowest BCUT2D eigenvalue weighted by atomic mass is 9.99. The van der Waals surface area contributed by atoms with Gasteiger partial charge in [-0.05, 0) is 64.2 Å². The highest BCUT2D eigenvalue weighted by Crippen LogP contribution is 2.22. The van der Waals surface area contributed by atoms with Gasteiger partial charge in [0.05, 0.1) is 19.8 Å². The minimum atomic E-state index is -1.54. The summed E-state index contributed by atoms with van der Waals surface area (Å²) in [5.41, 5.74) is 0. The summed E-state index contributed by atoms with van der Waals surface area (Å²) in [5, 5.41) is 40.1. The van der Waals surface area contributed by atoms with Gasteiger partial charge in [-0.15, -0.1) is 0 Å². The van der Waals surface area contributed by atoms with Crippen molar-refractivity contribution < 1.29 is 44.2 Å². The largest absolute Gasteiger partial charge is 0.457 e. The van der Waals surface area contributed by atoms with Crippen LogP contribution in [-0.2, 0) is 23.7 Å². The van der Waals surface area contributed by atoms with Gasteiger partial charge in [-0.2, -0.15) is 0 Å². The fourth-order valence-corrected chi connectivity index (χ4v) is 6.55. The zero-order valence-corrected chi connectivity index (χ0v) is 36.5. The molecule has 9 nitrogen and oxygen atoms in total. The third kappa shape index (κ3) is 30.6. The van der Waals surface area contributed by atoms with Gasteiger partial charge in [0.25, 0.3) is 0 Å². The zero-order valence-electron chi connectivity index (χ0n) is 36.5. The molecule has 0 radical (unpaired) electrons. The first kappa shape index (κ1) is 53.6. The Kier molecular flexibility index (Phi) is 37.1. The van der Waals surface area contributed by atoms with Crippen molar-refractivity contribution in [1.29, 1.82) is 0 Å². The van der Waals surface area contributed by atoms with Crippen molar-refractivity contribution in [1.82, 2.24) is 0 Å². The molecule has 1 aliphatic rings. The average molecular weight is 817 g/mol. The van der Waals surface area contributed by atoms with Crippen LogP contribution in [0.4, 0.5) is 0 Å². The molecular weight excluding hydrogens is 733 g/mol. The summed E-state index contributed by atoms with van der Waals surface area (Å²) < 4.78 is 22.8. The van der Waals surface area contributed by atoms with Gasteiger partial charge < -0.3 is 39.4 Å². The summed E-state index contributed by atoms with van der Waals surface area (Å²) in [5.74, 6) is -0.331. The van der Waals surface area contributed by atoms with E-state index in [4.69, 9.17) is 18.9 Å². The average Bonchev–Trinajstić information content (AvgIpc) is 3.22. The number of aliphatic hydroxyl groups excluding tert-OH is 4. The molecule has 0 bridgehead atoms. The van der Waals surface area contributed by atoms with Gasteiger partial charge in [-0.1, -0.05) is 170 Å². The van der Waals surface area contributed by atoms with Gasteiger partial charge >= 0.3 is 5.97 Å². The highest BCUT2D eigenvalue weighted by atomic mass is 16.7. The molecule has 4 N–H and O–H groups in total. The Morgan fingerprint density at radius 2 is 1.05 bits per heavy atom. The van der Waals surface area contributed by atoms with Crippen molar-refractivity contribution in [3.63, 3.8) is 0 Å². The quantitative estimate of drug-likeness (QED) is 0.0273. The number of carbonyl (C=O) groups is 1. The molecule has 0 saturated carbocycles. The number of allylic oxidation sites excluding steroid dienone is 12. The SMILES string of the molecule is CC/C=C\C/C=C\C/C=C\C/C=C\C/C=C\C/C=C\CCCCCCCCC(=O)OC(COCCCCCCCCCCCC)COC1OC(CO)C(O)C(O)C1O. The van der Waals surface area contributed by atoms with Crippen molar-refractivity contribution in [2.24, 2.45) is 0 Å². The number of hydrogen-bond acceptors (Lipinski definition) is 9. The van der Waals surface area contributed by atoms with E-state index >= 15 is 0 Å². The second-order valence-corrected chi connectivity index (χ2v) is 15.5. The Morgan fingerprint density at radius 1 is 0.569 bits per heavy atom. The third-order valence-corrected chi connectivity index (χ3v) is 10.1. The van der Waals surface area contributed by atoms with E-state index in [0.29, 0.717) is 13.0 Å². The second-order valence-electron chi connectivity index (χ2n) is 15.5. The van der Waals surface area contributed by atoms with Gasteiger partial charge in [-0.25, -0.2) is 0 Å². The molecule has 0 aromatic carbocycles. The molecule has 0 amide bonds. The van der Waals surface area contributed by atoms with E-state index in [2.05, 4.69) is 86.8 Å². The molecule has 1 fully saturated rings. The van der Waals surface area contributed by atoms with Gasteiger partial charge in [0.1, 0.15) is 30.5 Å². The molecular formula is C49H84O9. The van der Waals surface area contributed by atoms with Crippen LogP contribution in [0, 0.1) is 0 Å². The molecule has 0 aromatic heterocycles. The highest BCUT2D eigenvalue weighted by molar-refractivity contribution is 5.69. The summed E-state index contributed by atoms with van der Waals surface area (Å²) in [4.78, 5) is 12.8. The standard InChI is InChI=1S/C49H84O9/c1-3-5-7-9-11-13-15-16-17-18-19-20-21-22-23-24-25-26-27-28-29-30-32-34-36-38-45(51)57-43(41-55-39-37-35-33-31-14-12-10-8-6-4-2)42-56-49-48(54)47(53)46(52)44(40-50)58-49/h5,7,11,13,16-17,19-20,22-23,25-26,43-44,46-50,52-54H,3-4,6,8-10,12,14-15,18,21,24,27-42H2,1-2H3/b7-5-,13-11-,17-16-,20-19-,23-22-,26-25-. The number of hydrogen-bond donors (Lipinski definition) is 4. The lowest BCUT2D eigenvalue weighted by molar-refractivity contribution is -0.305. The number of ether oxygens (including phenoxy) is 4. The minimum absolute atomic E-state index is 0.122. The van der Waals surface area contributed by atoms with E-state index in [1.54, 1.807) is 0 Å². The van der Waals surface area contributed by atoms with Crippen LogP contribution in [0.5, 0.6) is 0 Å². The van der Waals surface area contributed by atoms with Crippen LogP contribution in [0.15, 0.2) is 72.9 Å². The second kappa shape index (κ2) is 40.1. The van der Waals surface area contributed by atoms with Crippen LogP contribution >= 0.6 is 0 Å². The smallest absolute Gasteiger partial charge is 0.306 e. The normalized spacial score (nSPS) is 21.0. The monoisotopic (exact) mass is 817 g/mol. The molecule has 6 unspecified atom stereocenters. The summed E-state index contributed by atoms with van der Waals surface area (Å²) in [6, 6.07) is 0. The molecule has 1 aliphatic heterocycles. The summed E-state index contributed by atoms with van der Waals surface area (Å²) in [7, 11) is 0. The maximum atomic E-state index is 12.8. The van der Waals surface area contributed by atoms with E-state index < -0.39 is 43.4 Å². The Labute approximate surface area is 353 Å². The number of esters is 1. The van der Waals surface area contributed by atoms with Crippen molar-refractivity contribution in [2.75, 3.05) is 26.4 Å². The fourth-order valence-electron chi connectivity index (χ4n) is 6.55. The maximum Gasteiger partial charge on any atom is 0.306 e. The zero-order chi connectivity index (χ0) is 42.2. The van der Waals surface area contributed by atoms with Crippen molar-refractivity contribution in [3.8, 4) is 0 Å². The van der Waals surface area contributed by atoms with Gasteiger partial charge in [0.15, 0.2) is 6.29 Å². The molecule has 0 aliphatic carbocycles.